The van der Waals surface area contributed by atoms with E-state index >= 15 is 0 Å². The molecule has 1 amide bonds. The van der Waals surface area contributed by atoms with E-state index in [1.807, 2.05) is 11.8 Å². The van der Waals surface area contributed by atoms with Gasteiger partial charge in [0.15, 0.2) is 0 Å². The fraction of sp³-hybridized carbons (Fsp3) is 0.667. The molecule has 0 radical (unpaired) electrons. The second-order valence-electron chi connectivity index (χ2n) is 8.89. The van der Waals surface area contributed by atoms with E-state index in [9.17, 15) is 4.79 Å². The van der Waals surface area contributed by atoms with Crippen molar-refractivity contribution in [2.75, 3.05) is 5.75 Å². The third kappa shape index (κ3) is 2.69. The van der Waals surface area contributed by atoms with E-state index in [0.29, 0.717) is 11.3 Å². The molecule has 0 unspecified atom stereocenters. The Morgan fingerprint density at radius 2 is 1.75 bits per heavy atom. The number of thioether (sulfide) groups is 1. The minimum absolute atomic E-state index is 0.226. The Balaban J connectivity index is 1.29. The normalized spacial score (nSPS) is 39.5. The van der Waals surface area contributed by atoms with Crippen LogP contribution in [0.25, 0.3) is 0 Å². The molecule has 2 nitrogen and oxygen atoms in total. The van der Waals surface area contributed by atoms with E-state index in [-0.39, 0.29) is 6.04 Å². The summed E-state index contributed by atoms with van der Waals surface area (Å²) in [7, 11) is 0. The highest BCUT2D eigenvalue weighted by Gasteiger charge is 2.51. The van der Waals surface area contributed by atoms with Gasteiger partial charge in [0.05, 0.1) is 6.04 Å². The molecule has 24 heavy (non-hydrogen) atoms. The molecule has 0 saturated heterocycles. The number of carbonyl (C=O) groups is 1. The molecule has 4 saturated carbocycles. The standard InChI is InChI=1S/C21H27NOS/c23-20(22-18-5-6-24-19-4-2-1-3-17(18)19)13-21-10-14-7-15(11-21)9-16(8-14)12-21/h1-4,14-16,18H,5-13H2,(H,22,23)/t14?,15?,16?,18-,21?/m0/s1. The average molecular weight is 342 g/mol. The maximum absolute atomic E-state index is 12.9. The van der Waals surface area contributed by atoms with Gasteiger partial charge < -0.3 is 5.32 Å². The highest BCUT2D eigenvalue weighted by Crippen LogP contribution is 2.61. The largest absolute Gasteiger partial charge is 0.349 e. The summed E-state index contributed by atoms with van der Waals surface area (Å²) in [4.78, 5) is 14.2. The van der Waals surface area contributed by atoms with Gasteiger partial charge in [-0.2, -0.15) is 0 Å². The van der Waals surface area contributed by atoms with Crippen LogP contribution in [0.4, 0.5) is 0 Å². The zero-order chi connectivity index (χ0) is 16.1. The van der Waals surface area contributed by atoms with Crippen LogP contribution in [0.15, 0.2) is 29.2 Å². The van der Waals surface area contributed by atoms with Crippen molar-refractivity contribution >= 4 is 17.7 Å². The molecule has 4 aliphatic carbocycles. The van der Waals surface area contributed by atoms with E-state index in [0.717, 1.165) is 36.3 Å². The smallest absolute Gasteiger partial charge is 0.221 e. The highest BCUT2D eigenvalue weighted by atomic mass is 32.2. The van der Waals surface area contributed by atoms with E-state index in [2.05, 4.69) is 29.6 Å². The SMILES string of the molecule is O=C(CC12CC3CC(CC(C3)C1)C2)N[C@H]1CCSc2ccccc21. The van der Waals surface area contributed by atoms with Gasteiger partial charge in [-0.1, -0.05) is 18.2 Å². The van der Waals surface area contributed by atoms with Gasteiger partial charge in [0.1, 0.15) is 0 Å². The van der Waals surface area contributed by atoms with Gasteiger partial charge in [0, 0.05) is 17.1 Å². The summed E-state index contributed by atoms with van der Waals surface area (Å²) in [6.45, 7) is 0. The van der Waals surface area contributed by atoms with E-state index in [4.69, 9.17) is 0 Å². The fourth-order valence-electron chi connectivity index (χ4n) is 6.58. The first-order chi connectivity index (χ1) is 11.7. The number of carbonyl (C=O) groups excluding carboxylic acids is 1. The van der Waals surface area contributed by atoms with E-state index < -0.39 is 0 Å². The summed E-state index contributed by atoms with van der Waals surface area (Å²) in [6.07, 6.45) is 10.2. The predicted molar refractivity (Wildman–Crippen MR) is 97.9 cm³/mol. The number of benzene rings is 1. The van der Waals surface area contributed by atoms with Gasteiger partial charge in [-0.05, 0) is 79.7 Å². The summed E-state index contributed by atoms with van der Waals surface area (Å²) in [6, 6.07) is 8.81. The van der Waals surface area contributed by atoms with Gasteiger partial charge in [-0.15, -0.1) is 11.8 Å². The third-order valence-electron chi connectivity index (χ3n) is 6.99. The maximum Gasteiger partial charge on any atom is 0.221 e. The van der Waals surface area contributed by atoms with Gasteiger partial charge >= 0.3 is 0 Å². The lowest BCUT2D eigenvalue weighted by atomic mass is 9.49. The Labute approximate surface area is 149 Å². The van der Waals surface area contributed by atoms with Crippen molar-refractivity contribution in [3.63, 3.8) is 0 Å². The van der Waals surface area contributed by atoms with Crippen LogP contribution in [0.2, 0.25) is 0 Å². The Morgan fingerprint density at radius 1 is 1.08 bits per heavy atom. The van der Waals surface area contributed by atoms with Gasteiger partial charge in [-0.3, -0.25) is 4.79 Å². The summed E-state index contributed by atoms with van der Waals surface area (Å²) in [5.41, 5.74) is 1.68. The molecule has 1 aromatic rings. The molecule has 128 valence electrons. The Kier molecular flexibility index (Phi) is 3.69. The van der Waals surface area contributed by atoms with Crippen LogP contribution < -0.4 is 5.32 Å². The molecule has 1 heterocycles. The minimum Gasteiger partial charge on any atom is -0.349 e. The molecule has 0 spiro atoms. The Morgan fingerprint density at radius 3 is 2.46 bits per heavy atom. The first kappa shape index (κ1) is 15.3. The molecule has 4 fully saturated rings. The molecular weight excluding hydrogens is 314 g/mol. The van der Waals surface area contributed by atoms with Crippen molar-refractivity contribution in [2.24, 2.45) is 23.2 Å². The van der Waals surface area contributed by atoms with Gasteiger partial charge in [0.25, 0.3) is 0 Å². The Bertz CT molecular complexity index is 620. The third-order valence-corrected chi connectivity index (χ3v) is 8.12. The van der Waals surface area contributed by atoms with Crippen molar-refractivity contribution in [1.29, 1.82) is 0 Å². The number of hydrogen-bond acceptors (Lipinski definition) is 2. The molecule has 1 aliphatic heterocycles. The lowest BCUT2D eigenvalue weighted by Crippen LogP contribution is -2.48. The molecular formula is C21H27NOS. The zero-order valence-electron chi connectivity index (χ0n) is 14.3. The first-order valence-corrected chi connectivity index (χ1v) is 10.7. The van der Waals surface area contributed by atoms with Crippen LogP contribution >= 0.6 is 11.8 Å². The second kappa shape index (κ2) is 5.79. The van der Waals surface area contributed by atoms with Crippen molar-refractivity contribution < 1.29 is 4.79 Å². The number of fused-ring (bicyclic) bond motifs is 1. The lowest BCUT2D eigenvalue weighted by molar-refractivity contribution is -0.130. The topological polar surface area (TPSA) is 29.1 Å². The number of amides is 1. The average Bonchev–Trinajstić information content (AvgIpc) is 2.53. The van der Waals surface area contributed by atoms with Crippen LogP contribution in [0, 0.1) is 23.2 Å². The van der Waals surface area contributed by atoms with Crippen LogP contribution in [0.3, 0.4) is 0 Å². The number of hydrogen-bond donors (Lipinski definition) is 1. The van der Waals surface area contributed by atoms with Crippen molar-refractivity contribution in [1.82, 2.24) is 5.32 Å². The van der Waals surface area contributed by atoms with Gasteiger partial charge in [-0.25, -0.2) is 0 Å². The van der Waals surface area contributed by atoms with Crippen molar-refractivity contribution in [3.8, 4) is 0 Å². The quantitative estimate of drug-likeness (QED) is 0.843. The van der Waals surface area contributed by atoms with Gasteiger partial charge in [0.2, 0.25) is 5.91 Å². The fourth-order valence-corrected chi connectivity index (χ4v) is 7.71. The van der Waals surface area contributed by atoms with Crippen LogP contribution in [0.5, 0.6) is 0 Å². The molecule has 1 aromatic carbocycles. The molecule has 6 rings (SSSR count). The molecule has 1 atom stereocenters. The van der Waals surface area contributed by atoms with E-state index in [1.165, 1.54) is 49.0 Å². The Hall–Kier alpha value is -0.960. The molecule has 5 aliphatic rings. The first-order valence-electron chi connectivity index (χ1n) is 9.70. The number of nitrogens with one attached hydrogen (secondary N) is 1. The summed E-state index contributed by atoms with van der Waals surface area (Å²) < 4.78 is 0. The zero-order valence-corrected chi connectivity index (χ0v) is 15.1. The maximum atomic E-state index is 12.9. The van der Waals surface area contributed by atoms with Crippen molar-refractivity contribution in [3.05, 3.63) is 29.8 Å². The summed E-state index contributed by atoms with van der Waals surface area (Å²) in [5, 5.41) is 3.40. The summed E-state index contributed by atoms with van der Waals surface area (Å²) >= 11 is 1.92. The molecule has 4 bridgehead atoms. The highest BCUT2D eigenvalue weighted by molar-refractivity contribution is 7.99. The van der Waals surface area contributed by atoms with Crippen LogP contribution in [-0.2, 0) is 4.79 Å². The lowest BCUT2D eigenvalue weighted by Gasteiger charge is -2.56. The number of rotatable bonds is 3. The molecule has 3 heteroatoms. The monoisotopic (exact) mass is 341 g/mol. The predicted octanol–water partition coefficient (Wildman–Crippen LogP) is 4.95. The minimum atomic E-state index is 0.226. The van der Waals surface area contributed by atoms with E-state index in [1.54, 1.807) is 0 Å². The molecule has 0 aromatic heterocycles. The second-order valence-corrected chi connectivity index (χ2v) is 10.0. The van der Waals surface area contributed by atoms with Crippen molar-refractivity contribution in [2.45, 2.75) is 62.3 Å². The molecule has 1 N–H and O–H groups in total. The van der Waals surface area contributed by atoms with Crippen LogP contribution in [-0.4, -0.2) is 11.7 Å². The van der Waals surface area contributed by atoms with Crippen LogP contribution in [0.1, 0.15) is 63.0 Å². The summed E-state index contributed by atoms with van der Waals surface area (Å²) in [5.74, 6) is 4.20.